The first kappa shape index (κ1) is 18.1. The standard InChI is InChI=1S/C20H21N3O2/c1-16(14-18-10-6-3-7-11-18)22-23-20(25)15-21-19(24)13-12-17-8-4-2-5-9-17/h2-13H,14-15H2,1H3,(H,21,24)(H,23,25)/b13-12-,22-16-. The minimum atomic E-state index is -0.367. The van der Waals surface area contributed by atoms with Crippen molar-refractivity contribution in [3.05, 3.63) is 77.9 Å². The van der Waals surface area contributed by atoms with Crippen LogP contribution in [0.4, 0.5) is 0 Å². The molecular weight excluding hydrogens is 314 g/mol. The molecule has 5 nitrogen and oxygen atoms in total. The fraction of sp³-hybridized carbons (Fsp3) is 0.150. The number of hydrazone groups is 1. The van der Waals surface area contributed by atoms with Crippen LogP contribution < -0.4 is 10.7 Å². The SMILES string of the molecule is C/C(Cc1ccccc1)=N/NC(=O)CNC(=O)/C=C\c1ccccc1. The van der Waals surface area contributed by atoms with Crippen molar-refractivity contribution >= 4 is 23.6 Å². The van der Waals surface area contributed by atoms with Gasteiger partial charge in [-0.15, -0.1) is 0 Å². The van der Waals surface area contributed by atoms with Gasteiger partial charge in [-0.25, -0.2) is 5.43 Å². The summed E-state index contributed by atoms with van der Waals surface area (Å²) in [6.07, 6.45) is 3.75. The lowest BCUT2D eigenvalue weighted by Gasteiger charge is -2.04. The number of carbonyl (C=O) groups is 2. The predicted molar refractivity (Wildman–Crippen MR) is 99.9 cm³/mol. The fourth-order valence-corrected chi connectivity index (χ4v) is 2.09. The van der Waals surface area contributed by atoms with E-state index < -0.39 is 0 Å². The fourth-order valence-electron chi connectivity index (χ4n) is 2.09. The van der Waals surface area contributed by atoms with Crippen molar-refractivity contribution in [1.82, 2.24) is 10.7 Å². The molecule has 0 aliphatic rings. The van der Waals surface area contributed by atoms with Gasteiger partial charge < -0.3 is 5.32 Å². The molecule has 0 saturated heterocycles. The Morgan fingerprint density at radius 2 is 1.64 bits per heavy atom. The molecule has 0 radical (unpaired) electrons. The average Bonchev–Trinajstić information content (AvgIpc) is 2.64. The maximum absolute atomic E-state index is 11.7. The topological polar surface area (TPSA) is 70.6 Å². The lowest BCUT2D eigenvalue weighted by Crippen LogP contribution is -2.34. The third-order valence-electron chi connectivity index (χ3n) is 3.32. The zero-order chi connectivity index (χ0) is 17.9. The van der Waals surface area contributed by atoms with Crippen molar-refractivity contribution in [3.8, 4) is 0 Å². The van der Waals surface area contributed by atoms with E-state index >= 15 is 0 Å². The molecule has 0 heterocycles. The average molecular weight is 335 g/mol. The highest BCUT2D eigenvalue weighted by Gasteiger charge is 2.02. The van der Waals surface area contributed by atoms with Crippen LogP contribution in [0.1, 0.15) is 18.1 Å². The first-order valence-electron chi connectivity index (χ1n) is 8.00. The first-order valence-corrected chi connectivity index (χ1v) is 8.00. The molecule has 2 aromatic rings. The van der Waals surface area contributed by atoms with Gasteiger partial charge in [0.15, 0.2) is 0 Å². The molecule has 0 bridgehead atoms. The van der Waals surface area contributed by atoms with E-state index in [1.807, 2.05) is 67.6 Å². The minimum Gasteiger partial charge on any atom is -0.343 e. The Balaban J connectivity index is 1.72. The molecule has 0 aromatic heterocycles. The zero-order valence-corrected chi connectivity index (χ0v) is 14.1. The molecule has 0 fully saturated rings. The summed E-state index contributed by atoms with van der Waals surface area (Å²) >= 11 is 0. The van der Waals surface area contributed by atoms with Crippen molar-refractivity contribution in [2.24, 2.45) is 5.10 Å². The van der Waals surface area contributed by atoms with Crippen LogP contribution in [0.5, 0.6) is 0 Å². The first-order chi connectivity index (χ1) is 12.1. The molecule has 0 aliphatic carbocycles. The summed E-state index contributed by atoms with van der Waals surface area (Å²) < 4.78 is 0. The van der Waals surface area contributed by atoms with E-state index in [9.17, 15) is 9.59 Å². The van der Waals surface area contributed by atoms with Crippen molar-refractivity contribution in [1.29, 1.82) is 0 Å². The number of rotatable bonds is 7. The summed E-state index contributed by atoms with van der Waals surface area (Å²) in [7, 11) is 0. The molecule has 0 unspecified atom stereocenters. The largest absolute Gasteiger partial charge is 0.343 e. The van der Waals surface area contributed by atoms with Crippen LogP contribution >= 0.6 is 0 Å². The number of hydrogen-bond acceptors (Lipinski definition) is 3. The second-order valence-corrected chi connectivity index (χ2v) is 5.51. The van der Waals surface area contributed by atoms with Crippen molar-refractivity contribution in [2.45, 2.75) is 13.3 Å². The second kappa shape index (κ2) is 9.82. The van der Waals surface area contributed by atoms with Crippen molar-refractivity contribution in [2.75, 3.05) is 6.54 Å². The van der Waals surface area contributed by atoms with E-state index in [2.05, 4.69) is 15.8 Å². The van der Waals surface area contributed by atoms with Crippen LogP contribution in [0.2, 0.25) is 0 Å². The van der Waals surface area contributed by atoms with Gasteiger partial charge in [-0.2, -0.15) is 5.10 Å². The Labute approximate surface area is 147 Å². The highest BCUT2D eigenvalue weighted by molar-refractivity contribution is 5.94. The van der Waals surface area contributed by atoms with Gasteiger partial charge in [0.05, 0.1) is 6.54 Å². The van der Waals surface area contributed by atoms with Crippen LogP contribution in [0.25, 0.3) is 6.08 Å². The van der Waals surface area contributed by atoms with E-state index in [4.69, 9.17) is 0 Å². The number of benzene rings is 2. The summed E-state index contributed by atoms with van der Waals surface area (Å²) in [6, 6.07) is 19.3. The van der Waals surface area contributed by atoms with E-state index in [-0.39, 0.29) is 18.4 Å². The molecule has 2 aromatic carbocycles. The Bertz CT molecular complexity index is 753. The smallest absolute Gasteiger partial charge is 0.259 e. The monoisotopic (exact) mass is 335 g/mol. The normalized spacial score (nSPS) is 11.3. The van der Waals surface area contributed by atoms with Crippen LogP contribution in [0.3, 0.4) is 0 Å². The summed E-state index contributed by atoms with van der Waals surface area (Å²) in [5, 5.41) is 6.56. The predicted octanol–water partition coefficient (Wildman–Crippen LogP) is 2.55. The highest BCUT2D eigenvalue weighted by atomic mass is 16.2. The van der Waals surface area contributed by atoms with E-state index in [1.165, 1.54) is 6.08 Å². The molecule has 2 N–H and O–H groups in total. The Kier molecular flexibility index (Phi) is 7.13. The second-order valence-electron chi connectivity index (χ2n) is 5.51. The lowest BCUT2D eigenvalue weighted by atomic mass is 10.1. The van der Waals surface area contributed by atoms with E-state index in [0.717, 1.165) is 16.8 Å². The Morgan fingerprint density at radius 1 is 1.00 bits per heavy atom. The Hall–Kier alpha value is -3.21. The zero-order valence-electron chi connectivity index (χ0n) is 14.1. The maximum Gasteiger partial charge on any atom is 0.259 e. The quantitative estimate of drug-likeness (QED) is 0.464. The summed E-state index contributed by atoms with van der Waals surface area (Å²) in [5.41, 5.74) is 5.27. The molecule has 25 heavy (non-hydrogen) atoms. The van der Waals surface area contributed by atoms with E-state index in [0.29, 0.717) is 6.42 Å². The van der Waals surface area contributed by atoms with Crippen molar-refractivity contribution < 1.29 is 9.59 Å². The highest BCUT2D eigenvalue weighted by Crippen LogP contribution is 2.01. The van der Waals surface area contributed by atoms with Gasteiger partial charge in [0.1, 0.15) is 0 Å². The molecular formula is C20H21N3O2. The third-order valence-corrected chi connectivity index (χ3v) is 3.32. The number of nitrogens with one attached hydrogen (secondary N) is 2. The molecule has 0 spiro atoms. The number of hydrogen-bond donors (Lipinski definition) is 2. The van der Waals surface area contributed by atoms with Crippen LogP contribution in [-0.4, -0.2) is 24.1 Å². The molecule has 0 aliphatic heterocycles. The summed E-state index contributed by atoms with van der Waals surface area (Å²) in [5.74, 6) is -0.696. The van der Waals surface area contributed by atoms with Crippen LogP contribution in [-0.2, 0) is 16.0 Å². The molecule has 2 rings (SSSR count). The summed E-state index contributed by atoms with van der Waals surface area (Å²) in [4.78, 5) is 23.4. The van der Waals surface area contributed by atoms with Gasteiger partial charge in [0.25, 0.3) is 5.91 Å². The number of nitrogens with zero attached hydrogens (tertiary/aromatic N) is 1. The molecule has 0 atom stereocenters. The summed E-state index contributed by atoms with van der Waals surface area (Å²) in [6.45, 7) is 1.72. The van der Waals surface area contributed by atoms with E-state index in [1.54, 1.807) is 6.08 Å². The third kappa shape index (κ3) is 7.26. The maximum atomic E-state index is 11.7. The number of amides is 2. The van der Waals surface area contributed by atoms with Gasteiger partial charge in [0, 0.05) is 18.2 Å². The van der Waals surface area contributed by atoms with Crippen molar-refractivity contribution in [3.63, 3.8) is 0 Å². The van der Waals surface area contributed by atoms with Gasteiger partial charge in [-0.1, -0.05) is 60.7 Å². The Morgan fingerprint density at radius 3 is 2.32 bits per heavy atom. The molecule has 2 amide bonds. The van der Waals surface area contributed by atoms with Gasteiger partial charge >= 0.3 is 0 Å². The lowest BCUT2D eigenvalue weighted by molar-refractivity contribution is -0.123. The van der Waals surface area contributed by atoms with Crippen LogP contribution in [0, 0.1) is 0 Å². The van der Waals surface area contributed by atoms with Gasteiger partial charge in [-0.3, -0.25) is 9.59 Å². The van der Waals surface area contributed by atoms with Gasteiger partial charge in [0.2, 0.25) is 5.91 Å². The number of carbonyl (C=O) groups excluding carboxylic acids is 2. The molecule has 0 saturated carbocycles. The van der Waals surface area contributed by atoms with Crippen LogP contribution in [0.15, 0.2) is 71.8 Å². The minimum absolute atomic E-state index is 0.125. The molecule has 128 valence electrons. The van der Waals surface area contributed by atoms with Gasteiger partial charge in [-0.05, 0) is 24.1 Å². The molecule has 5 heteroatoms.